The molecule has 4 heterocycles. The number of halogens is 1. The van der Waals surface area contributed by atoms with Crippen molar-refractivity contribution in [2.75, 3.05) is 0 Å². The lowest BCUT2D eigenvalue weighted by Crippen LogP contribution is -2.00. The van der Waals surface area contributed by atoms with Gasteiger partial charge in [0.15, 0.2) is 0 Å². The summed E-state index contributed by atoms with van der Waals surface area (Å²) in [5.74, 6) is 0.403. The van der Waals surface area contributed by atoms with Crippen molar-refractivity contribution in [3.8, 4) is 0 Å². The Hall–Kier alpha value is -3.41. The van der Waals surface area contributed by atoms with Crippen molar-refractivity contribution < 1.29 is 4.39 Å². The first-order valence-corrected chi connectivity index (χ1v) is 8.81. The van der Waals surface area contributed by atoms with Crippen molar-refractivity contribution in [2.24, 2.45) is 0 Å². The molecule has 0 aliphatic carbocycles. The predicted molar refractivity (Wildman–Crippen MR) is 102 cm³/mol. The summed E-state index contributed by atoms with van der Waals surface area (Å²) < 4.78 is 15.5. The predicted octanol–water partition coefficient (Wildman–Crippen LogP) is 4.06. The second kappa shape index (κ2) is 6.09. The second-order valence-corrected chi connectivity index (χ2v) is 6.58. The molecule has 0 atom stereocenters. The average molecular weight is 357 g/mol. The zero-order chi connectivity index (χ0) is 18.4. The minimum absolute atomic E-state index is 0.288. The molecule has 5 rings (SSSR count). The van der Waals surface area contributed by atoms with Gasteiger partial charge in [-0.05, 0) is 43.7 Å². The van der Waals surface area contributed by atoms with E-state index in [-0.39, 0.29) is 5.82 Å². The van der Waals surface area contributed by atoms with Crippen molar-refractivity contribution in [1.29, 1.82) is 0 Å². The third-order valence-corrected chi connectivity index (χ3v) is 4.89. The Labute approximate surface area is 154 Å². The van der Waals surface area contributed by atoms with Crippen molar-refractivity contribution in [3.63, 3.8) is 0 Å². The Morgan fingerprint density at radius 3 is 2.85 bits per heavy atom. The maximum Gasteiger partial charge on any atom is 0.146 e. The Morgan fingerprint density at radius 2 is 1.93 bits per heavy atom. The lowest BCUT2D eigenvalue weighted by atomic mass is 10.2. The fourth-order valence-corrected chi connectivity index (χ4v) is 3.44. The molecule has 0 amide bonds. The van der Waals surface area contributed by atoms with E-state index in [0.29, 0.717) is 17.8 Å². The fourth-order valence-electron chi connectivity index (χ4n) is 3.44. The highest BCUT2D eigenvalue weighted by atomic mass is 19.1. The molecule has 132 valence electrons. The van der Waals surface area contributed by atoms with Crippen LogP contribution in [0.5, 0.6) is 0 Å². The Bertz CT molecular complexity index is 1310. The molecule has 0 bridgehead atoms. The summed E-state index contributed by atoms with van der Waals surface area (Å²) in [5, 5.41) is 1.87. The molecule has 4 aromatic heterocycles. The van der Waals surface area contributed by atoms with Gasteiger partial charge >= 0.3 is 0 Å². The number of nitrogens with zero attached hydrogens (tertiary/aromatic N) is 5. The van der Waals surface area contributed by atoms with Gasteiger partial charge in [0.05, 0.1) is 16.7 Å². The van der Waals surface area contributed by atoms with E-state index >= 15 is 0 Å². The average Bonchev–Trinajstić information content (AvgIpc) is 3.02. The molecule has 0 spiro atoms. The summed E-state index contributed by atoms with van der Waals surface area (Å²) in [6.45, 7) is 2.06. The van der Waals surface area contributed by atoms with Crippen LogP contribution in [0.3, 0.4) is 0 Å². The van der Waals surface area contributed by atoms with Crippen LogP contribution >= 0.6 is 0 Å². The maximum absolute atomic E-state index is 13.4. The highest BCUT2D eigenvalue weighted by Crippen LogP contribution is 2.21. The number of fused-ring (bicyclic) bond motifs is 4. The number of aromatic nitrogens is 5. The van der Waals surface area contributed by atoms with Crippen LogP contribution < -0.4 is 0 Å². The van der Waals surface area contributed by atoms with Gasteiger partial charge in [-0.25, -0.2) is 19.3 Å². The largest absolute Gasteiger partial charge is 0.303 e. The van der Waals surface area contributed by atoms with Gasteiger partial charge in [-0.15, -0.1) is 0 Å². The Morgan fingerprint density at radius 1 is 1.00 bits per heavy atom. The fraction of sp³-hybridized carbons (Fsp3) is 0.143. The summed E-state index contributed by atoms with van der Waals surface area (Å²) in [6.07, 6.45) is 6.90. The van der Waals surface area contributed by atoms with Gasteiger partial charge in [0.25, 0.3) is 0 Å². The molecule has 0 N–H and O–H groups in total. The van der Waals surface area contributed by atoms with Crippen LogP contribution in [0.4, 0.5) is 4.39 Å². The van der Waals surface area contributed by atoms with Crippen LogP contribution in [0.2, 0.25) is 0 Å². The van der Waals surface area contributed by atoms with E-state index in [1.807, 2.05) is 24.4 Å². The van der Waals surface area contributed by atoms with Gasteiger partial charge < -0.3 is 4.40 Å². The summed E-state index contributed by atoms with van der Waals surface area (Å²) in [6, 6.07) is 10.5. The van der Waals surface area contributed by atoms with E-state index < -0.39 is 0 Å². The van der Waals surface area contributed by atoms with Gasteiger partial charge in [-0.2, -0.15) is 0 Å². The van der Waals surface area contributed by atoms with E-state index in [4.69, 9.17) is 4.98 Å². The van der Waals surface area contributed by atoms with Crippen LogP contribution in [0.15, 0.2) is 55.0 Å². The monoisotopic (exact) mass is 357 g/mol. The lowest BCUT2D eigenvalue weighted by Gasteiger charge is -2.02. The highest BCUT2D eigenvalue weighted by Gasteiger charge is 2.12. The van der Waals surface area contributed by atoms with Crippen LogP contribution in [0.25, 0.3) is 27.5 Å². The van der Waals surface area contributed by atoms with E-state index in [2.05, 4.69) is 26.3 Å². The summed E-state index contributed by atoms with van der Waals surface area (Å²) >= 11 is 0. The highest BCUT2D eigenvalue weighted by molar-refractivity contribution is 5.91. The normalized spacial score (nSPS) is 11.6. The van der Waals surface area contributed by atoms with Crippen molar-refractivity contribution in [1.82, 2.24) is 24.3 Å². The molecule has 0 fully saturated rings. The first-order chi connectivity index (χ1) is 13.2. The van der Waals surface area contributed by atoms with E-state index in [9.17, 15) is 4.39 Å². The number of benzene rings is 1. The van der Waals surface area contributed by atoms with Gasteiger partial charge in [0.1, 0.15) is 17.3 Å². The zero-order valence-corrected chi connectivity index (χ0v) is 14.7. The molecule has 6 heteroatoms. The topological polar surface area (TPSA) is 56.0 Å². The van der Waals surface area contributed by atoms with Gasteiger partial charge in [0, 0.05) is 47.5 Å². The molecule has 0 saturated heterocycles. The number of rotatable bonds is 3. The van der Waals surface area contributed by atoms with E-state index in [1.54, 1.807) is 18.5 Å². The zero-order valence-electron chi connectivity index (χ0n) is 14.7. The smallest absolute Gasteiger partial charge is 0.146 e. The lowest BCUT2D eigenvalue weighted by molar-refractivity contribution is 0.629. The number of pyridine rings is 2. The number of hydrogen-bond acceptors (Lipinski definition) is 4. The van der Waals surface area contributed by atoms with Crippen molar-refractivity contribution >= 4 is 27.5 Å². The molecule has 0 unspecified atom stereocenters. The van der Waals surface area contributed by atoms with Gasteiger partial charge in [-0.1, -0.05) is 0 Å². The SMILES string of the molecule is Cc1c(CCc2ncc3ccc(F)cc3n2)nc2c3cccnc3ccn12. The van der Waals surface area contributed by atoms with Crippen LogP contribution in [-0.4, -0.2) is 24.3 Å². The Balaban J connectivity index is 1.49. The van der Waals surface area contributed by atoms with Crippen LogP contribution in [0, 0.1) is 12.7 Å². The van der Waals surface area contributed by atoms with Crippen molar-refractivity contribution in [2.45, 2.75) is 19.8 Å². The summed E-state index contributed by atoms with van der Waals surface area (Å²) in [5.41, 5.74) is 4.58. The molecule has 1 aromatic carbocycles. The molecule has 5 nitrogen and oxygen atoms in total. The molecule has 0 aliphatic rings. The van der Waals surface area contributed by atoms with Crippen LogP contribution in [-0.2, 0) is 12.8 Å². The molecule has 0 saturated carbocycles. The molecular formula is C21H16FN5. The summed E-state index contributed by atoms with van der Waals surface area (Å²) in [4.78, 5) is 18.1. The number of aryl methyl sites for hydroxylation is 3. The molecule has 0 radical (unpaired) electrons. The Kier molecular flexibility index (Phi) is 3.57. The second-order valence-electron chi connectivity index (χ2n) is 6.58. The standard InChI is InChI=1S/C21H16FN5/c1-13-17(26-21-16-3-2-9-23-18(16)8-10-27(13)21)6-7-20-24-12-14-4-5-15(22)11-19(14)25-20/h2-5,8-12H,6-7H2,1H3. The van der Waals surface area contributed by atoms with E-state index in [0.717, 1.165) is 39.7 Å². The molecule has 0 aliphatic heterocycles. The number of hydrogen-bond donors (Lipinski definition) is 0. The third kappa shape index (κ3) is 2.70. The van der Waals surface area contributed by atoms with E-state index in [1.165, 1.54) is 12.1 Å². The first kappa shape index (κ1) is 15.8. The minimum Gasteiger partial charge on any atom is -0.303 e. The third-order valence-electron chi connectivity index (χ3n) is 4.89. The van der Waals surface area contributed by atoms with Crippen molar-refractivity contribution in [3.05, 3.63) is 78.0 Å². The summed E-state index contributed by atoms with van der Waals surface area (Å²) in [7, 11) is 0. The quantitative estimate of drug-likeness (QED) is 0.489. The molecule has 27 heavy (non-hydrogen) atoms. The molecule has 5 aromatic rings. The first-order valence-electron chi connectivity index (χ1n) is 8.81. The molecular weight excluding hydrogens is 341 g/mol. The van der Waals surface area contributed by atoms with Crippen LogP contribution in [0.1, 0.15) is 17.2 Å². The van der Waals surface area contributed by atoms with Gasteiger partial charge in [-0.3, -0.25) is 4.98 Å². The minimum atomic E-state index is -0.288. The van der Waals surface area contributed by atoms with Gasteiger partial charge in [0.2, 0.25) is 0 Å². The maximum atomic E-state index is 13.4. The number of imidazole rings is 1.